The van der Waals surface area contributed by atoms with Crippen LogP contribution in [0.3, 0.4) is 0 Å². The molecule has 0 aromatic heterocycles. The molecule has 0 heteroatoms. The maximum Gasteiger partial charge on any atom is -0.00114 e. The molecule has 0 unspecified atom stereocenters. The Labute approximate surface area is 274 Å². The van der Waals surface area contributed by atoms with Gasteiger partial charge in [-0.25, -0.2) is 0 Å². The maximum absolute atomic E-state index is 2.45. The zero-order chi connectivity index (χ0) is 33.3. The maximum atomic E-state index is 2.45. The highest BCUT2D eigenvalue weighted by atomic mass is 14.3. The van der Waals surface area contributed by atoms with Gasteiger partial charge in [-0.3, -0.25) is 0 Å². The second-order valence-corrected chi connectivity index (χ2v) is 15.2. The lowest BCUT2D eigenvalue weighted by atomic mass is 9.81. The number of benzene rings is 6. The Hall–Kier alpha value is -3.90. The van der Waals surface area contributed by atoms with Gasteiger partial charge in [0.1, 0.15) is 0 Å². The second kappa shape index (κ2) is 8.92. The Bertz CT molecular complexity index is 2570. The van der Waals surface area contributed by atoms with Crippen LogP contribution >= 0.6 is 0 Å². The summed E-state index contributed by atoms with van der Waals surface area (Å²) in [6.45, 7) is 38.0. The van der Waals surface area contributed by atoms with Crippen LogP contribution in [-0.4, -0.2) is 0 Å². The van der Waals surface area contributed by atoms with Crippen molar-refractivity contribution in [2.75, 3.05) is 0 Å². The van der Waals surface area contributed by atoms with Crippen molar-refractivity contribution in [3.63, 3.8) is 0 Å². The average Bonchev–Trinajstić information content (AvgIpc) is 3.57. The van der Waals surface area contributed by atoms with Gasteiger partial charge in [-0.05, 0) is 275 Å². The van der Waals surface area contributed by atoms with E-state index in [1.165, 1.54) is 164 Å². The molecule has 0 saturated carbocycles. The fourth-order valence-corrected chi connectivity index (χ4v) is 10.2. The van der Waals surface area contributed by atoms with Gasteiger partial charge in [0.15, 0.2) is 0 Å². The minimum atomic E-state index is 1.44. The predicted molar refractivity (Wildman–Crippen MR) is 207 cm³/mol. The fraction of sp³-hybridized carbons (Fsp3) is 0.348. The van der Waals surface area contributed by atoms with Crippen LogP contribution in [0.25, 0.3) is 75.4 Å². The van der Waals surface area contributed by atoms with Crippen LogP contribution in [0.15, 0.2) is 0 Å². The summed E-state index contributed by atoms with van der Waals surface area (Å²) in [7, 11) is 0. The zero-order valence-corrected chi connectivity index (χ0v) is 31.0. The van der Waals surface area contributed by atoms with E-state index in [4.69, 9.17) is 0 Å². The smallest absolute Gasteiger partial charge is 0.00114 e. The number of aryl methyl sites for hydroxylation is 10. The van der Waals surface area contributed by atoms with E-state index in [0.29, 0.717) is 0 Å². The van der Waals surface area contributed by atoms with Crippen molar-refractivity contribution in [3.05, 3.63) is 89.0 Å². The summed E-state index contributed by atoms with van der Waals surface area (Å²) >= 11 is 0. The van der Waals surface area contributed by atoms with E-state index in [1.807, 2.05) is 0 Å². The molecule has 0 radical (unpaired) electrons. The van der Waals surface area contributed by atoms with E-state index in [9.17, 15) is 0 Å². The van der Waals surface area contributed by atoms with E-state index in [-0.39, 0.29) is 0 Å². The Balaban J connectivity index is 1.89. The molecule has 46 heavy (non-hydrogen) atoms. The van der Waals surface area contributed by atoms with E-state index < -0.39 is 0 Å². The van der Waals surface area contributed by atoms with Gasteiger partial charge in [-0.15, -0.1) is 0 Å². The zero-order valence-electron chi connectivity index (χ0n) is 31.0. The molecule has 0 saturated heterocycles. The van der Waals surface area contributed by atoms with Crippen LogP contribution < -0.4 is 0 Å². The standard InChI is InChI=1S/C46H48/c1-17-19(3)25(9)35-33(23(17)7)37-27(11)21(5)29(13)39-42-32(16)44-36-26(10)20(4)18(2)24(8)34(36)38-28(12)22(6)30(14)40(46(38)44)41(42)31(15)43(35)45(37)39/h1-16H3. The third-order valence-corrected chi connectivity index (χ3v) is 13.9. The monoisotopic (exact) mass is 600 g/mol. The molecule has 0 aliphatic heterocycles. The highest BCUT2D eigenvalue weighted by Gasteiger charge is 2.30. The van der Waals surface area contributed by atoms with E-state index >= 15 is 0 Å². The van der Waals surface area contributed by atoms with Crippen molar-refractivity contribution in [1.29, 1.82) is 0 Å². The van der Waals surface area contributed by atoms with Gasteiger partial charge < -0.3 is 0 Å². The second-order valence-electron chi connectivity index (χ2n) is 15.2. The summed E-state index contributed by atoms with van der Waals surface area (Å²) < 4.78 is 0. The van der Waals surface area contributed by atoms with Crippen molar-refractivity contribution < 1.29 is 0 Å². The number of rotatable bonds is 0. The molecule has 0 aliphatic rings. The number of hydrogen-bond acceptors (Lipinski definition) is 0. The van der Waals surface area contributed by atoms with Crippen molar-refractivity contribution in [2.45, 2.75) is 111 Å². The summed E-state index contributed by atoms with van der Waals surface area (Å²) in [5, 5.41) is 20.9. The molecular weight excluding hydrogens is 553 g/mol. The molecule has 0 atom stereocenters. The molecule has 0 fully saturated rings. The van der Waals surface area contributed by atoms with E-state index in [1.54, 1.807) is 0 Å². The third-order valence-electron chi connectivity index (χ3n) is 13.9. The molecular formula is C46H48. The van der Waals surface area contributed by atoms with Crippen LogP contribution in [-0.2, 0) is 0 Å². The van der Waals surface area contributed by atoms with Crippen LogP contribution in [0.5, 0.6) is 0 Å². The Morgan fingerprint density at radius 3 is 0.413 bits per heavy atom. The van der Waals surface area contributed by atoms with Crippen LogP contribution in [0.1, 0.15) is 89.0 Å². The predicted octanol–water partition coefficient (Wildman–Crippen LogP) is 13.6. The Kier molecular flexibility index (Phi) is 5.72. The van der Waals surface area contributed by atoms with E-state index in [0.717, 1.165) is 0 Å². The molecule has 0 bridgehead atoms. The molecule has 8 aromatic carbocycles. The quantitative estimate of drug-likeness (QED) is 0.152. The Morgan fingerprint density at radius 2 is 0.217 bits per heavy atom. The molecule has 0 amide bonds. The van der Waals surface area contributed by atoms with Gasteiger partial charge in [0, 0.05) is 0 Å². The van der Waals surface area contributed by atoms with Gasteiger partial charge in [0.2, 0.25) is 0 Å². The van der Waals surface area contributed by atoms with Crippen molar-refractivity contribution in [3.8, 4) is 0 Å². The van der Waals surface area contributed by atoms with Gasteiger partial charge in [0.05, 0.1) is 0 Å². The highest BCUT2D eigenvalue weighted by Crippen LogP contribution is 2.56. The van der Waals surface area contributed by atoms with Crippen molar-refractivity contribution >= 4 is 75.4 Å². The first-order chi connectivity index (χ1) is 21.6. The number of hydrogen-bond donors (Lipinski definition) is 0. The van der Waals surface area contributed by atoms with Crippen molar-refractivity contribution in [1.82, 2.24) is 0 Å². The molecule has 0 heterocycles. The number of fused-ring (bicyclic) bond motifs is 9. The SMILES string of the molecule is Cc1c(C)c(C)c2c(c1C)c1c(C)c(C)c(C)c3c4c(C)c5c6c(C)c(C)c(C)c(C)c6c6c(C)c(C)c(C)c(c4c(C)c2c13)c65. The Morgan fingerprint density at radius 1 is 0.109 bits per heavy atom. The summed E-state index contributed by atoms with van der Waals surface area (Å²) in [5.74, 6) is 0. The van der Waals surface area contributed by atoms with Gasteiger partial charge in [0.25, 0.3) is 0 Å². The minimum Gasteiger partial charge on any atom is -0.0443 e. The molecule has 8 aromatic rings. The summed E-state index contributed by atoms with van der Waals surface area (Å²) in [4.78, 5) is 0. The van der Waals surface area contributed by atoms with Gasteiger partial charge in [-0.2, -0.15) is 0 Å². The normalized spacial score (nSPS) is 12.8. The lowest BCUT2D eigenvalue weighted by Crippen LogP contribution is -1.98. The summed E-state index contributed by atoms with van der Waals surface area (Å²) in [5.41, 5.74) is 23.1. The molecule has 8 rings (SSSR count). The molecule has 0 N–H and O–H groups in total. The molecule has 0 spiro atoms. The largest absolute Gasteiger partial charge is 0.0443 e. The molecule has 0 nitrogen and oxygen atoms in total. The lowest BCUT2D eigenvalue weighted by Gasteiger charge is -2.22. The highest BCUT2D eigenvalue weighted by molar-refractivity contribution is 6.45. The minimum absolute atomic E-state index is 1.44. The van der Waals surface area contributed by atoms with Crippen molar-refractivity contribution in [2.24, 2.45) is 0 Å². The molecule has 232 valence electrons. The van der Waals surface area contributed by atoms with Gasteiger partial charge >= 0.3 is 0 Å². The van der Waals surface area contributed by atoms with Crippen LogP contribution in [0.4, 0.5) is 0 Å². The fourth-order valence-electron chi connectivity index (χ4n) is 10.2. The topological polar surface area (TPSA) is 0 Å². The van der Waals surface area contributed by atoms with E-state index in [2.05, 4.69) is 111 Å². The average molecular weight is 601 g/mol. The van der Waals surface area contributed by atoms with Crippen LogP contribution in [0, 0.1) is 111 Å². The summed E-state index contributed by atoms with van der Waals surface area (Å²) in [6, 6.07) is 0. The first-order valence-electron chi connectivity index (χ1n) is 17.2. The van der Waals surface area contributed by atoms with Gasteiger partial charge in [-0.1, -0.05) is 0 Å². The lowest BCUT2D eigenvalue weighted by molar-refractivity contribution is 1.26. The third kappa shape index (κ3) is 2.95. The first-order valence-corrected chi connectivity index (χ1v) is 17.2. The summed E-state index contributed by atoms with van der Waals surface area (Å²) in [6.07, 6.45) is 0. The molecule has 0 aliphatic carbocycles. The first kappa shape index (κ1) is 29.5. The van der Waals surface area contributed by atoms with Crippen LogP contribution in [0.2, 0.25) is 0 Å².